The highest BCUT2D eigenvalue weighted by molar-refractivity contribution is 9.10. The maximum atomic E-state index is 3.70. The number of nitrogens with zero attached hydrogens (tertiary/aromatic N) is 3. The summed E-state index contributed by atoms with van der Waals surface area (Å²) >= 11 is 3.70. The number of rotatable bonds is 2. The number of hydrogen-bond donors (Lipinski definition) is 0. The van der Waals surface area contributed by atoms with Crippen molar-refractivity contribution < 1.29 is 4.59 Å². The second-order valence-corrected chi connectivity index (χ2v) is 9.42. The Bertz CT molecular complexity index is 633. The van der Waals surface area contributed by atoms with Gasteiger partial charge >= 0.3 is 0 Å². The van der Waals surface area contributed by atoms with Crippen molar-refractivity contribution in [1.82, 2.24) is 9.91 Å². The number of fused-ring (bicyclic) bond motifs is 1. The van der Waals surface area contributed by atoms with E-state index in [0.29, 0.717) is 17.0 Å². The molecule has 1 aromatic carbocycles. The molecular formula is C18H25BrN3+. The second kappa shape index (κ2) is 4.15. The highest BCUT2D eigenvalue weighted by Crippen LogP contribution is 2.69. The summed E-state index contributed by atoms with van der Waals surface area (Å²) in [7, 11) is 4.76. The van der Waals surface area contributed by atoms with E-state index >= 15 is 0 Å². The van der Waals surface area contributed by atoms with Crippen molar-refractivity contribution in [3.8, 4) is 0 Å². The second-order valence-electron chi connectivity index (χ2n) is 8.51. The van der Waals surface area contributed by atoms with Crippen LogP contribution in [0.25, 0.3) is 0 Å². The first kappa shape index (κ1) is 14.0. The number of benzene rings is 1. The topological polar surface area (TPSA) is 6.25 Å². The lowest BCUT2D eigenvalue weighted by atomic mass is 9.42. The van der Waals surface area contributed by atoms with E-state index in [1.807, 2.05) is 0 Å². The Kier molecular flexibility index (Phi) is 2.64. The fraction of sp³-hybridized carbons (Fsp3) is 0.667. The van der Waals surface area contributed by atoms with Crippen LogP contribution in [0.2, 0.25) is 0 Å². The zero-order valence-electron chi connectivity index (χ0n) is 13.6. The maximum absolute atomic E-state index is 3.70. The number of hydrogen-bond acceptors (Lipinski definition) is 2. The number of halogens is 1. The van der Waals surface area contributed by atoms with E-state index in [9.17, 15) is 0 Å². The summed E-state index contributed by atoms with van der Waals surface area (Å²) in [6, 6.07) is 9.15. The molecule has 22 heavy (non-hydrogen) atoms. The van der Waals surface area contributed by atoms with Gasteiger partial charge in [0.05, 0.1) is 12.5 Å². The quantitative estimate of drug-likeness (QED) is 0.586. The normalized spacial score (nSPS) is 40.9. The van der Waals surface area contributed by atoms with Crippen molar-refractivity contribution >= 4 is 15.9 Å². The first-order valence-corrected chi connectivity index (χ1v) is 9.34. The Hall–Kier alpha value is -0.420. The van der Waals surface area contributed by atoms with Gasteiger partial charge in [-0.1, -0.05) is 39.5 Å². The molecule has 3 atom stereocenters. The van der Waals surface area contributed by atoms with Gasteiger partial charge in [-0.3, -0.25) is 0 Å². The average Bonchev–Trinajstić information content (AvgIpc) is 2.93. The van der Waals surface area contributed by atoms with Crippen LogP contribution in [-0.2, 0) is 5.41 Å². The van der Waals surface area contributed by atoms with Gasteiger partial charge in [0.2, 0.25) is 0 Å². The van der Waals surface area contributed by atoms with Crippen LogP contribution >= 0.6 is 15.9 Å². The van der Waals surface area contributed by atoms with Crippen molar-refractivity contribution in [2.24, 2.45) is 5.41 Å². The minimum Gasteiger partial charge on any atom is -0.236 e. The Balaban J connectivity index is 1.58. The van der Waals surface area contributed by atoms with Crippen molar-refractivity contribution in [3.63, 3.8) is 0 Å². The Morgan fingerprint density at radius 2 is 2.05 bits per heavy atom. The van der Waals surface area contributed by atoms with Crippen molar-refractivity contribution in [2.75, 3.05) is 27.4 Å². The Morgan fingerprint density at radius 1 is 1.27 bits per heavy atom. The molecule has 2 saturated heterocycles. The lowest BCUT2D eigenvalue weighted by Crippen LogP contribution is -2.66. The molecule has 5 rings (SSSR count). The molecule has 2 heterocycles. The van der Waals surface area contributed by atoms with Crippen LogP contribution in [0.5, 0.6) is 0 Å². The standard InChI is InChI=1S/C18H25BrN3/c1-20-12-21-13-22(21,2)16(20)18(10-17(11-18)7-4-8-17)14-5-3-6-15(19)9-14/h3,5-6,9,16H,4,7-8,10-13H2,1-2H3/q+1. The molecule has 3 unspecified atom stereocenters. The molecule has 4 heteroatoms. The summed E-state index contributed by atoms with van der Waals surface area (Å²) in [6.45, 7) is 2.36. The molecule has 3 nitrogen and oxygen atoms in total. The number of likely N-dealkylation sites (N-methyl/N-ethyl adjacent to an activating group) is 2. The third-order valence-corrected chi connectivity index (χ3v) is 7.52. The van der Waals surface area contributed by atoms with Crippen LogP contribution in [-0.4, -0.2) is 48.1 Å². The van der Waals surface area contributed by atoms with Crippen LogP contribution in [0.15, 0.2) is 28.7 Å². The van der Waals surface area contributed by atoms with Crippen LogP contribution in [0.3, 0.4) is 0 Å². The smallest absolute Gasteiger partial charge is 0.198 e. The van der Waals surface area contributed by atoms with Gasteiger partial charge in [-0.25, -0.2) is 9.49 Å². The van der Waals surface area contributed by atoms with Crippen LogP contribution < -0.4 is 0 Å². The molecule has 0 aromatic heterocycles. The third kappa shape index (κ3) is 1.62. The number of quaternary nitrogens is 1. The van der Waals surface area contributed by atoms with Gasteiger partial charge in [-0.05, 0) is 55.8 Å². The molecule has 2 aliphatic carbocycles. The van der Waals surface area contributed by atoms with Gasteiger partial charge in [0, 0.05) is 4.47 Å². The van der Waals surface area contributed by atoms with Gasteiger partial charge in [0.25, 0.3) is 0 Å². The van der Waals surface area contributed by atoms with E-state index in [0.717, 1.165) is 11.3 Å². The minimum atomic E-state index is 0.346. The van der Waals surface area contributed by atoms with Crippen molar-refractivity contribution in [3.05, 3.63) is 34.3 Å². The summed E-state index contributed by atoms with van der Waals surface area (Å²) in [6.07, 6.45) is 7.79. The molecule has 4 fully saturated rings. The van der Waals surface area contributed by atoms with Gasteiger partial charge in [-0.2, -0.15) is 0 Å². The molecule has 1 aromatic rings. The predicted octanol–water partition coefficient (Wildman–Crippen LogP) is 3.51. The van der Waals surface area contributed by atoms with E-state index in [4.69, 9.17) is 0 Å². The monoisotopic (exact) mass is 362 g/mol. The average molecular weight is 363 g/mol. The Labute approximate surface area is 141 Å². The van der Waals surface area contributed by atoms with E-state index in [1.54, 1.807) is 5.56 Å². The lowest BCUT2D eigenvalue weighted by molar-refractivity contribution is -0.873. The molecule has 118 valence electrons. The van der Waals surface area contributed by atoms with Gasteiger partial charge < -0.3 is 0 Å². The largest absolute Gasteiger partial charge is 0.236 e. The summed E-state index contributed by atoms with van der Waals surface area (Å²) in [5.74, 6) is 0. The first-order valence-electron chi connectivity index (χ1n) is 8.55. The molecule has 2 aliphatic heterocycles. The Morgan fingerprint density at radius 3 is 2.59 bits per heavy atom. The van der Waals surface area contributed by atoms with Gasteiger partial charge in [0.15, 0.2) is 12.8 Å². The van der Waals surface area contributed by atoms with Gasteiger partial charge in [-0.15, -0.1) is 0 Å². The van der Waals surface area contributed by atoms with Crippen LogP contribution in [0, 0.1) is 5.41 Å². The summed E-state index contributed by atoms with van der Waals surface area (Å²) in [5, 5.41) is 2.59. The van der Waals surface area contributed by atoms with E-state index in [1.165, 1.54) is 43.2 Å². The highest BCUT2D eigenvalue weighted by Gasteiger charge is 2.74. The van der Waals surface area contributed by atoms with E-state index in [-0.39, 0.29) is 0 Å². The molecule has 0 bridgehead atoms. The molecule has 0 N–H and O–H groups in total. The molecule has 4 aliphatic rings. The zero-order valence-corrected chi connectivity index (χ0v) is 15.1. The SMILES string of the molecule is CN1CN2C[N+]2(C)C1C1(c2cccc(Br)c2)CC2(CCC2)C1. The maximum Gasteiger partial charge on any atom is 0.198 e. The minimum absolute atomic E-state index is 0.346. The fourth-order valence-electron chi connectivity index (χ4n) is 6.09. The molecule has 1 spiro atoms. The van der Waals surface area contributed by atoms with E-state index < -0.39 is 0 Å². The summed E-state index contributed by atoms with van der Waals surface area (Å²) in [4.78, 5) is 2.61. The van der Waals surface area contributed by atoms with Crippen LogP contribution in [0.4, 0.5) is 0 Å². The zero-order chi connectivity index (χ0) is 15.2. The third-order valence-electron chi connectivity index (χ3n) is 7.03. The summed E-state index contributed by atoms with van der Waals surface area (Å²) in [5.41, 5.74) is 2.59. The predicted molar refractivity (Wildman–Crippen MR) is 90.6 cm³/mol. The first-order chi connectivity index (χ1) is 10.5. The summed E-state index contributed by atoms with van der Waals surface area (Å²) < 4.78 is 2.36. The molecule has 2 saturated carbocycles. The van der Waals surface area contributed by atoms with E-state index in [2.05, 4.69) is 64.2 Å². The molecule has 0 amide bonds. The van der Waals surface area contributed by atoms with Crippen molar-refractivity contribution in [2.45, 2.75) is 43.7 Å². The van der Waals surface area contributed by atoms with Crippen LogP contribution in [0.1, 0.15) is 37.7 Å². The highest BCUT2D eigenvalue weighted by atomic mass is 79.9. The fourth-order valence-corrected chi connectivity index (χ4v) is 6.49. The molecule has 0 radical (unpaired) electrons. The van der Waals surface area contributed by atoms with Crippen molar-refractivity contribution in [1.29, 1.82) is 0 Å². The van der Waals surface area contributed by atoms with Gasteiger partial charge in [0.1, 0.15) is 6.67 Å². The molecular weight excluding hydrogens is 338 g/mol. The lowest BCUT2D eigenvalue weighted by Gasteiger charge is -2.63.